The number of rotatable bonds is 2. The summed E-state index contributed by atoms with van der Waals surface area (Å²) in [6.07, 6.45) is 0. The van der Waals surface area contributed by atoms with Crippen LogP contribution in [-0.4, -0.2) is 9.55 Å². The van der Waals surface area contributed by atoms with Crippen molar-refractivity contribution in [3.63, 3.8) is 0 Å². The van der Waals surface area contributed by atoms with E-state index in [1.807, 2.05) is 19.1 Å². The van der Waals surface area contributed by atoms with Crippen LogP contribution >= 0.6 is 34.8 Å². The van der Waals surface area contributed by atoms with Crippen molar-refractivity contribution in [3.05, 3.63) is 91.4 Å². The summed E-state index contributed by atoms with van der Waals surface area (Å²) < 4.78 is 15.5. The number of benzene rings is 3. The number of fused-ring (bicyclic) bond motifs is 1. The minimum absolute atomic E-state index is 0.0348. The Hall–Kier alpha value is -2.40. The molecule has 0 spiro atoms. The quantitative estimate of drug-likeness (QED) is 0.363. The molecule has 0 aliphatic heterocycles. The Morgan fingerprint density at radius 3 is 2.54 bits per heavy atom. The van der Waals surface area contributed by atoms with E-state index >= 15 is 0 Å². The van der Waals surface area contributed by atoms with Crippen molar-refractivity contribution in [2.45, 2.75) is 6.92 Å². The molecule has 3 aromatic carbocycles. The zero-order valence-corrected chi connectivity index (χ0v) is 16.8. The molecule has 0 fully saturated rings. The standard InChI is InChI=1S/C21H12Cl3FN2O/c1-11-3-2-4-15(19(11)24)20-26-18-9-12(22)5-7-14(18)21(28)27(20)13-6-8-16(23)17(25)10-13/h2-10H,1H3. The third-order valence-electron chi connectivity index (χ3n) is 4.43. The average Bonchev–Trinajstić information content (AvgIpc) is 2.66. The van der Waals surface area contributed by atoms with E-state index in [-0.39, 0.29) is 16.4 Å². The van der Waals surface area contributed by atoms with Gasteiger partial charge in [-0.3, -0.25) is 9.36 Å². The van der Waals surface area contributed by atoms with Crippen LogP contribution in [-0.2, 0) is 0 Å². The number of aryl methyl sites for hydroxylation is 1. The second-order valence-corrected chi connectivity index (χ2v) is 7.49. The first kappa shape index (κ1) is 18.9. The molecule has 1 heterocycles. The maximum atomic E-state index is 14.1. The Kier molecular flexibility index (Phi) is 4.88. The van der Waals surface area contributed by atoms with Crippen LogP contribution in [0.15, 0.2) is 59.4 Å². The number of hydrogen-bond acceptors (Lipinski definition) is 2. The van der Waals surface area contributed by atoms with Crippen LogP contribution in [0.2, 0.25) is 15.1 Å². The third kappa shape index (κ3) is 3.18. The van der Waals surface area contributed by atoms with Crippen molar-refractivity contribution in [2.24, 2.45) is 0 Å². The summed E-state index contributed by atoms with van der Waals surface area (Å²) in [4.78, 5) is 17.9. The van der Waals surface area contributed by atoms with Gasteiger partial charge in [-0.1, -0.05) is 46.9 Å². The van der Waals surface area contributed by atoms with Gasteiger partial charge in [-0.2, -0.15) is 0 Å². The van der Waals surface area contributed by atoms with Gasteiger partial charge in [0, 0.05) is 10.6 Å². The number of hydrogen-bond donors (Lipinski definition) is 0. The van der Waals surface area contributed by atoms with Gasteiger partial charge in [0.05, 0.1) is 26.6 Å². The summed E-state index contributed by atoms with van der Waals surface area (Å²) in [5.74, 6) is -0.348. The van der Waals surface area contributed by atoms with Gasteiger partial charge in [-0.15, -0.1) is 0 Å². The Balaban J connectivity index is 2.16. The first-order valence-electron chi connectivity index (χ1n) is 8.30. The first-order chi connectivity index (χ1) is 13.4. The molecule has 3 nitrogen and oxygen atoms in total. The van der Waals surface area contributed by atoms with E-state index in [1.54, 1.807) is 30.3 Å². The highest BCUT2D eigenvalue weighted by Crippen LogP contribution is 2.31. The van der Waals surface area contributed by atoms with Gasteiger partial charge >= 0.3 is 0 Å². The molecule has 0 saturated carbocycles. The van der Waals surface area contributed by atoms with Gasteiger partial charge < -0.3 is 0 Å². The monoisotopic (exact) mass is 432 g/mol. The average molecular weight is 434 g/mol. The third-order valence-corrected chi connectivity index (χ3v) is 5.47. The molecule has 140 valence electrons. The lowest BCUT2D eigenvalue weighted by molar-refractivity contribution is 0.627. The van der Waals surface area contributed by atoms with Crippen LogP contribution in [0.3, 0.4) is 0 Å². The van der Waals surface area contributed by atoms with E-state index in [2.05, 4.69) is 4.98 Å². The molecule has 0 atom stereocenters. The summed E-state index contributed by atoms with van der Waals surface area (Å²) >= 11 is 18.4. The van der Waals surface area contributed by atoms with Gasteiger partial charge in [-0.05, 0) is 55.0 Å². The molecule has 1 aromatic heterocycles. The molecule has 0 radical (unpaired) electrons. The molecule has 0 bridgehead atoms. The minimum atomic E-state index is -0.636. The lowest BCUT2D eigenvalue weighted by Crippen LogP contribution is -2.22. The maximum absolute atomic E-state index is 14.1. The van der Waals surface area contributed by atoms with Crippen LogP contribution in [0.1, 0.15) is 5.56 Å². The molecular weight excluding hydrogens is 422 g/mol. The van der Waals surface area contributed by atoms with E-state index in [0.29, 0.717) is 32.2 Å². The molecule has 0 saturated heterocycles. The lowest BCUT2D eigenvalue weighted by Gasteiger charge is -2.16. The van der Waals surface area contributed by atoms with Crippen LogP contribution in [0.5, 0.6) is 0 Å². The van der Waals surface area contributed by atoms with Crippen molar-refractivity contribution in [3.8, 4) is 17.1 Å². The highest BCUT2D eigenvalue weighted by atomic mass is 35.5. The van der Waals surface area contributed by atoms with Crippen molar-refractivity contribution in [1.29, 1.82) is 0 Å². The van der Waals surface area contributed by atoms with E-state index < -0.39 is 5.82 Å². The predicted octanol–water partition coefficient (Wildman–Crippen LogP) is 6.46. The Morgan fingerprint density at radius 1 is 1.00 bits per heavy atom. The van der Waals surface area contributed by atoms with Gasteiger partial charge in [0.1, 0.15) is 11.6 Å². The zero-order chi connectivity index (χ0) is 20.0. The fourth-order valence-electron chi connectivity index (χ4n) is 3.02. The Labute approximate surface area is 174 Å². The van der Waals surface area contributed by atoms with E-state index in [0.717, 1.165) is 5.56 Å². The van der Waals surface area contributed by atoms with Crippen molar-refractivity contribution < 1.29 is 4.39 Å². The minimum Gasteiger partial charge on any atom is -0.268 e. The smallest absolute Gasteiger partial charge is 0.266 e. The molecule has 0 aliphatic carbocycles. The van der Waals surface area contributed by atoms with Gasteiger partial charge in [0.15, 0.2) is 0 Å². The van der Waals surface area contributed by atoms with Crippen molar-refractivity contribution >= 4 is 45.7 Å². The van der Waals surface area contributed by atoms with Crippen molar-refractivity contribution in [1.82, 2.24) is 9.55 Å². The predicted molar refractivity (Wildman–Crippen MR) is 113 cm³/mol. The van der Waals surface area contributed by atoms with E-state index in [1.165, 1.54) is 16.7 Å². The van der Waals surface area contributed by atoms with Gasteiger partial charge in [-0.25, -0.2) is 9.37 Å². The highest BCUT2D eigenvalue weighted by Gasteiger charge is 2.18. The molecule has 4 aromatic rings. The summed E-state index contributed by atoms with van der Waals surface area (Å²) in [5, 5.41) is 1.23. The molecule has 0 N–H and O–H groups in total. The van der Waals surface area contributed by atoms with Crippen LogP contribution in [0.4, 0.5) is 4.39 Å². The molecule has 0 unspecified atom stereocenters. The molecule has 28 heavy (non-hydrogen) atoms. The fraction of sp³-hybridized carbons (Fsp3) is 0.0476. The summed E-state index contributed by atoms with van der Waals surface area (Å²) in [6.45, 7) is 1.86. The van der Waals surface area contributed by atoms with E-state index in [9.17, 15) is 9.18 Å². The SMILES string of the molecule is Cc1cccc(-c2nc3cc(Cl)ccc3c(=O)n2-c2ccc(Cl)c(F)c2)c1Cl. The maximum Gasteiger partial charge on any atom is 0.266 e. The molecular formula is C21H12Cl3FN2O. The first-order valence-corrected chi connectivity index (χ1v) is 9.43. The van der Waals surface area contributed by atoms with E-state index in [4.69, 9.17) is 34.8 Å². The Morgan fingerprint density at radius 2 is 1.79 bits per heavy atom. The number of nitrogens with zero attached hydrogens (tertiary/aromatic N) is 2. The summed E-state index contributed by atoms with van der Waals surface area (Å²) in [6, 6.07) is 14.4. The molecule has 0 amide bonds. The van der Waals surface area contributed by atoms with Gasteiger partial charge in [0.2, 0.25) is 0 Å². The molecule has 4 rings (SSSR count). The zero-order valence-electron chi connectivity index (χ0n) is 14.5. The number of aromatic nitrogens is 2. The number of halogens is 4. The largest absolute Gasteiger partial charge is 0.268 e. The van der Waals surface area contributed by atoms with Crippen LogP contribution in [0.25, 0.3) is 28.0 Å². The lowest BCUT2D eigenvalue weighted by atomic mass is 10.1. The fourth-order valence-corrected chi connectivity index (χ4v) is 3.52. The topological polar surface area (TPSA) is 34.9 Å². The van der Waals surface area contributed by atoms with Crippen LogP contribution in [0, 0.1) is 12.7 Å². The van der Waals surface area contributed by atoms with Crippen molar-refractivity contribution in [2.75, 3.05) is 0 Å². The highest BCUT2D eigenvalue weighted by molar-refractivity contribution is 6.34. The normalized spacial score (nSPS) is 11.2. The summed E-state index contributed by atoms with van der Waals surface area (Å²) in [5.41, 5.74) is 1.74. The van der Waals surface area contributed by atoms with Crippen LogP contribution < -0.4 is 5.56 Å². The molecule has 0 aliphatic rings. The Bertz CT molecular complexity index is 1300. The van der Waals surface area contributed by atoms with Gasteiger partial charge in [0.25, 0.3) is 5.56 Å². The summed E-state index contributed by atoms with van der Waals surface area (Å²) in [7, 11) is 0. The second kappa shape index (κ2) is 7.21. The molecule has 7 heteroatoms. The second-order valence-electron chi connectivity index (χ2n) is 6.27.